The Morgan fingerprint density at radius 1 is 1.17 bits per heavy atom. The van der Waals surface area contributed by atoms with Crippen molar-refractivity contribution < 1.29 is 8.78 Å². The van der Waals surface area contributed by atoms with E-state index in [0.29, 0.717) is 0 Å². The van der Waals surface area contributed by atoms with Crippen LogP contribution >= 0.6 is 11.3 Å². The van der Waals surface area contributed by atoms with E-state index in [1.54, 1.807) is 6.07 Å². The van der Waals surface area contributed by atoms with Gasteiger partial charge in [-0.3, -0.25) is 0 Å². The van der Waals surface area contributed by atoms with E-state index in [4.69, 9.17) is 0 Å². The summed E-state index contributed by atoms with van der Waals surface area (Å²) in [5.74, 6) is 0. The van der Waals surface area contributed by atoms with Crippen molar-refractivity contribution in [2.75, 3.05) is 0 Å². The van der Waals surface area contributed by atoms with E-state index in [9.17, 15) is 8.78 Å². The Morgan fingerprint density at radius 2 is 1.92 bits per heavy atom. The van der Waals surface area contributed by atoms with E-state index < -0.39 is 6.43 Å². The van der Waals surface area contributed by atoms with E-state index in [2.05, 4.69) is 0 Å². The Kier molecular flexibility index (Phi) is 1.81. The van der Waals surface area contributed by atoms with E-state index in [1.807, 2.05) is 24.3 Å². The van der Waals surface area contributed by atoms with Crippen LogP contribution in [0.3, 0.4) is 0 Å². The Labute approximate surface area is 72.4 Å². The summed E-state index contributed by atoms with van der Waals surface area (Å²) in [6.07, 6.45) is -2.35. The fourth-order valence-corrected chi connectivity index (χ4v) is 2.03. The van der Waals surface area contributed by atoms with Crippen molar-refractivity contribution in [3.05, 3.63) is 35.2 Å². The van der Waals surface area contributed by atoms with Crippen LogP contribution in [0.2, 0.25) is 0 Å². The number of rotatable bonds is 1. The molecule has 1 aromatic carbocycles. The van der Waals surface area contributed by atoms with Gasteiger partial charge in [-0.05, 0) is 17.5 Å². The van der Waals surface area contributed by atoms with Gasteiger partial charge in [0.05, 0.1) is 4.88 Å². The van der Waals surface area contributed by atoms with Crippen LogP contribution in [0, 0.1) is 0 Å². The molecular weight excluding hydrogens is 178 g/mol. The van der Waals surface area contributed by atoms with Gasteiger partial charge in [-0.1, -0.05) is 18.2 Å². The maximum Gasteiger partial charge on any atom is 0.272 e. The summed E-state index contributed by atoms with van der Waals surface area (Å²) < 4.78 is 25.4. The van der Waals surface area contributed by atoms with E-state index in [0.717, 1.165) is 21.4 Å². The lowest BCUT2D eigenvalue weighted by Gasteiger charge is -1.87. The lowest BCUT2D eigenvalue weighted by atomic mass is 10.2. The minimum Gasteiger partial charge on any atom is -0.204 e. The van der Waals surface area contributed by atoms with Crippen molar-refractivity contribution in [3.8, 4) is 0 Å². The highest BCUT2D eigenvalue weighted by Crippen LogP contribution is 2.31. The van der Waals surface area contributed by atoms with Crippen molar-refractivity contribution >= 4 is 21.4 Å². The first kappa shape index (κ1) is 7.68. The van der Waals surface area contributed by atoms with Crippen molar-refractivity contribution in [1.82, 2.24) is 0 Å². The molecule has 0 N–H and O–H groups in total. The molecule has 62 valence electrons. The summed E-state index contributed by atoms with van der Waals surface area (Å²) in [5.41, 5.74) is 0. The van der Waals surface area contributed by atoms with E-state index >= 15 is 0 Å². The van der Waals surface area contributed by atoms with E-state index in [-0.39, 0.29) is 4.88 Å². The standard InChI is InChI=1S/C9H6F2S/c10-9(11)8-5-6-3-1-2-4-7(6)12-8/h1-5,9H. The van der Waals surface area contributed by atoms with Gasteiger partial charge < -0.3 is 0 Å². The third-order valence-electron chi connectivity index (χ3n) is 1.66. The van der Waals surface area contributed by atoms with Crippen LogP contribution in [0.25, 0.3) is 10.1 Å². The van der Waals surface area contributed by atoms with Crippen LogP contribution in [0.4, 0.5) is 8.78 Å². The minimum absolute atomic E-state index is 0.149. The molecule has 0 saturated carbocycles. The molecule has 0 aliphatic rings. The number of halogens is 2. The smallest absolute Gasteiger partial charge is 0.204 e. The molecule has 0 unspecified atom stereocenters. The molecule has 1 heterocycles. The predicted octanol–water partition coefficient (Wildman–Crippen LogP) is 3.84. The average Bonchev–Trinajstić information content (AvgIpc) is 2.46. The molecule has 2 aromatic rings. The molecule has 1 aromatic heterocycles. The molecule has 2 rings (SSSR count). The first-order valence-electron chi connectivity index (χ1n) is 3.54. The summed E-state index contributed by atoms with van der Waals surface area (Å²) in [6.45, 7) is 0. The molecule has 0 amide bonds. The lowest BCUT2D eigenvalue weighted by Crippen LogP contribution is -1.72. The fraction of sp³-hybridized carbons (Fsp3) is 0.111. The van der Waals surface area contributed by atoms with Gasteiger partial charge in [0, 0.05) is 4.70 Å². The topological polar surface area (TPSA) is 0 Å². The van der Waals surface area contributed by atoms with E-state index in [1.165, 1.54) is 0 Å². The number of benzene rings is 1. The highest BCUT2D eigenvalue weighted by atomic mass is 32.1. The SMILES string of the molecule is FC(F)c1cc2ccccc2s1. The second kappa shape index (κ2) is 2.83. The first-order chi connectivity index (χ1) is 5.77. The second-order valence-corrected chi connectivity index (χ2v) is 3.60. The quantitative estimate of drug-likeness (QED) is 0.631. The van der Waals surface area contributed by atoms with Crippen LogP contribution in [-0.2, 0) is 0 Å². The molecule has 0 fully saturated rings. The molecule has 0 nitrogen and oxygen atoms in total. The Hall–Kier alpha value is -0.960. The molecule has 0 spiro atoms. The molecule has 3 heteroatoms. The molecule has 0 radical (unpaired) electrons. The van der Waals surface area contributed by atoms with Crippen LogP contribution in [-0.4, -0.2) is 0 Å². The summed E-state index contributed by atoms with van der Waals surface area (Å²) in [6, 6.07) is 8.95. The number of hydrogen-bond donors (Lipinski definition) is 0. The van der Waals surface area contributed by atoms with Crippen molar-refractivity contribution in [2.45, 2.75) is 6.43 Å². The molecular formula is C9H6F2S. The van der Waals surface area contributed by atoms with Crippen LogP contribution in [0.1, 0.15) is 11.3 Å². The monoisotopic (exact) mass is 184 g/mol. The molecule has 0 atom stereocenters. The minimum atomic E-state index is -2.35. The number of thiophene rings is 1. The predicted molar refractivity (Wildman–Crippen MR) is 46.8 cm³/mol. The third kappa shape index (κ3) is 1.20. The van der Waals surface area contributed by atoms with Crippen molar-refractivity contribution in [3.63, 3.8) is 0 Å². The number of alkyl halides is 2. The zero-order valence-electron chi connectivity index (χ0n) is 6.13. The fourth-order valence-electron chi connectivity index (χ4n) is 1.11. The zero-order valence-corrected chi connectivity index (χ0v) is 6.94. The zero-order chi connectivity index (χ0) is 8.55. The van der Waals surface area contributed by atoms with Crippen LogP contribution in [0.15, 0.2) is 30.3 Å². The first-order valence-corrected chi connectivity index (χ1v) is 4.35. The number of fused-ring (bicyclic) bond motifs is 1. The average molecular weight is 184 g/mol. The third-order valence-corrected chi connectivity index (χ3v) is 2.78. The highest BCUT2D eigenvalue weighted by Gasteiger charge is 2.10. The van der Waals surface area contributed by atoms with Gasteiger partial charge in [0.2, 0.25) is 0 Å². The van der Waals surface area contributed by atoms with Crippen LogP contribution in [0.5, 0.6) is 0 Å². The van der Waals surface area contributed by atoms with Crippen molar-refractivity contribution in [2.24, 2.45) is 0 Å². The second-order valence-electron chi connectivity index (χ2n) is 2.49. The van der Waals surface area contributed by atoms with Crippen molar-refractivity contribution in [1.29, 1.82) is 0 Å². The summed E-state index contributed by atoms with van der Waals surface area (Å²) in [7, 11) is 0. The summed E-state index contributed by atoms with van der Waals surface area (Å²) in [4.78, 5) is 0.149. The summed E-state index contributed by atoms with van der Waals surface area (Å²) in [5, 5.41) is 0.901. The highest BCUT2D eigenvalue weighted by molar-refractivity contribution is 7.19. The molecule has 0 bridgehead atoms. The molecule has 12 heavy (non-hydrogen) atoms. The van der Waals surface area contributed by atoms with Gasteiger partial charge in [0.1, 0.15) is 0 Å². The summed E-state index contributed by atoms with van der Waals surface area (Å²) >= 11 is 1.16. The van der Waals surface area contributed by atoms with Gasteiger partial charge >= 0.3 is 0 Å². The van der Waals surface area contributed by atoms with Gasteiger partial charge in [-0.2, -0.15) is 0 Å². The largest absolute Gasteiger partial charge is 0.272 e. The number of hydrogen-bond acceptors (Lipinski definition) is 1. The van der Waals surface area contributed by atoms with Gasteiger partial charge in [-0.15, -0.1) is 11.3 Å². The van der Waals surface area contributed by atoms with Gasteiger partial charge in [-0.25, -0.2) is 8.78 Å². The molecule has 0 saturated heterocycles. The lowest BCUT2D eigenvalue weighted by molar-refractivity contribution is 0.156. The van der Waals surface area contributed by atoms with Gasteiger partial charge in [0.25, 0.3) is 6.43 Å². The Bertz CT molecular complexity index is 359. The van der Waals surface area contributed by atoms with Gasteiger partial charge in [0.15, 0.2) is 0 Å². The molecule has 0 aliphatic heterocycles. The van der Waals surface area contributed by atoms with Crippen LogP contribution < -0.4 is 0 Å². The maximum atomic E-state index is 12.2. The molecule has 0 aliphatic carbocycles. The maximum absolute atomic E-state index is 12.2. The normalized spacial score (nSPS) is 11.2. The Balaban J connectivity index is 2.62. The Morgan fingerprint density at radius 3 is 2.58 bits per heavy atom.